The molecule has 1 aromatic heterocycles. The quantitative estimate of drug-likeness (QED) is 0.846. The first-order valence-electron chi connectivity index (χ1n) is 9.65. The maximum Gasteiger partial charge on any atom is 0.409 e. The molecule has 1 aliphatic rings. The largest absolute Gasteiger partial charge is 0.450 e. The number of rotatable bonds is 5. The lowest BCUT2D eigenvalue weighted by Crippen LogP contribution is -2.46. The summed E-state index contributed by atoms with van der Waals surface area (Å²) in [5.74, 6) is -0.106. The number of carbonyl (C=O) groups is 2. The van der Waals surface area contributed by atoms with Crippen LogP contribution < -0.4 is 10.9 Å². The number of hydrogen-bond acceptors (Lipinski definition) is 5. The van der Waals surface area contributed by atoms with Crippen LogP contribution in [0.1, 0.15) is 31.7 Å². The third-order valence-corrected chi connectivity index (χ3v) is 5.02. The highest BCUT2D eigenvalue weighted by Gasteiger charge is 2.24. The molecule has 2 amide bonds. The van der Waals surface area contributed by atoms with Gasteiger partial charge in [0, 0.05) is 32.1 Å². The fourth-order valence-corrected chi connectivity index (χ4v) is 3.44. The highest BCUT2D eigenvalue weighted by Crippen LogP contribution is 2.13. The van der Waals surface area contributed by atoms with Crippen molar-refractivity contribution in [1.29, 1.82) is 0 Å². The van der Waals surface area contributed by atoms with Crippen LogP contribution in [0.15, 0.2) is 29.3 Å². The van der Waals surface area contributed by atoms with Crippen molar-refractivity contribution in [2.24, 2.45) is 0 Å². The van der Waals surface area contributed by atoms with E-state index in [9.17, 15) is 14.4 Å². The van der Waals surface area contributed by atoms with Gasteiger partial charge in [-0.05, 0) is 38.3 Å². The lowest BCUT2D eigenvalue weighted by molar-refractivity contribution is -0.122. The number of aryl methyl sites for hydroxylation is 2. The van der Waals surface area contributed by atoms with Gasteiger partial charge < -0.3 is 15.0 Å². The van der Waals surface area contributed by atoms with Gasteiger partial charge in [0.05, 0.1) is 23.8 Å². The first-order chi connectivity index (χ1) is 13.5. The molecule has 1 aliphatic heterocycles. The molecule has 0 unspecified atom stereocenters. The van der Waals surface area contributed by atoms with E-state index < -0.39 is 0 Å². The molecule has 0 atom stereocenters. The summed E-state index contributed by atoms with van der Waals surface area (Å²) in [6, 6.07) is 5.54. The predicted molar refractivity (Wildman–Crippen MR) is 105 cm³/mol. The predicted octanol–water partition coefficient (Wildman–Crippen LogP) is 1.83. The second-order valence-corrected chi connectivity index (χ2v) is 6.99. The molecule has 0 bridgehead atoms. The summed E-state index contributed by atoms with van der Waals surface area (Å²) in [6.07, 6.45) is 2.80. The van der Waals surface area contributed by atoms with Crippen LogP contribution in [0.25, 0.3) is 10.9 Å². The van der Waals surface area contributed by atoms with E-state index in [0.29, 0.717) is 43.4 Å². The molecule has 3 rings (SSSR count). The Kier molecular flexibility index (Phi) is 6.28. The summed E-state index contributed by atoms with van der Waals surface area (Å²) in [5.41, 5.74) is 1.51. The van der Waals surface area contributed by atoms with Gasteiger partial charge in [0.25, 0.3) is 5.56 Å². The van der Waals surface area contributed by atoms with Gasteiger partial charge in [0.2, 0.25) is 5.91 Å². The molecule has 1 fully saturated rings. The Hall–Kier alpha value is -2.90. The summed E-state index contributed by atoms with van der Waals surface area (Å²) < 4.78 is 6.47. The summed E-state index contributed by atoms with van der Waals surface area (Å²) in [7, 11) is 0. The number of nitrogens with zero attached hydrogens (tertiary/aromatic N) is 3. The van der Waals surface area contributed by atoms with Crippen molar-refractivity contribution in [2.45, 2.75) is 45.7 Å². The van der Waals surface area contributed by atoms with Gasteiger partial charge in [-0.1, -0.05) is 12.1 Å². The Bertz CT molecular complexity index is 916. The van der Waals surface area contributed by atoms with Crippen molar-refractivity contribution in [3.05, 3.63) is 40.4 Å². The number of fused-ring (bicyclic) bond motifs is 1. The second-order valence-electron chi connectivity index (χ2n) is 6.99. The van der Waals surface area contributed by atoms with E-state index in [4.69, 9.17) is 4.74 Å². The Labute approximate surface area is 163 Å². The minimum absolute atomic E-state index is 0.0345. The van der Waals surface area contributed by atoms with Gasteiger partial charge in [-0.25, -0.2) is 9.78 Å². The van der Waals surface area contributed by atoms with Crippen molar-refractivity contribution in [2.75, 3.05) is 19.7 Å². The Morgan fingerprint density at radius 1 is 1.29 bits per heavy atom. The maximum atomic E-state index is 12.6. The van der Waals surface area contributed by atoms with Crippen molar-refractivity contribution in [1.82, 2.24) is 19.8 Å². The average Bonchev–Trinajstić information content (AvgIpc) is 2.69. The number of aromatic nitrogens is 2. The summed E-state index contributed by atoms with van der Waals surface area (Å²) in [4.78, 5) is 42.6. The fraction of sp³-hybridized carbons (Fsp3) is 0.500. The standard InChI is InChI=1S/C20H26N4O4/c1-3-28-20(27)23-10-7-15(8-11-23)22-17(25)9-12-24-13-21-18-14(2)5-4-6-16(18)19(24)26/h4-6,13,15H,3,7-12H2,1-2H3,(H,22,25). The van der Waals surface area contributed by atoms with Crippen LogP contribution in [-0.2, 0) is 16.1 Å². The molecule has 0 aliphatic carbocycles. The number of para-hydroxylation sites is 1. The zero-order valence-corrected chi connectivity index (χ0v) is 16.3. The van der Waals surface area contributed by atoms with E-state index in [1.807, 2.05) is 19.1 Å². The zero-order chi connectivity index (χ0) is 20.1. The fourth-order valence-electron chi connectivity index (χ4n) is 3.44. The van der Waals surface area contributed by atoms with Crippen LogP contribution in [0.2, 0.25) is 0 Å². The van der Waals surface area contributed by atoms with Crippen LogP contribution in [0.5, 0.6) is 0 Å². The van der Waals surface area contributed by atoms with E-state index in [1.54, 1.807) is 17.9 Å². The van der Waals surface area contributed by atoms with Gasteiger partial charge in [0.15, 0.2) is 0 Å². The monoisotopic (exact) mass is 386 g/mol. The van der Waals surface area contributed by atoms with Crippen LogP contribution in [0, 0.1) is 6.92 Å². The first kappa shape index (κ1) is 19.9. The topological polar surface area (TPSA) is 93.5 Å². The first-order valence-corrected chi connectivity index (χ1v) is 9.65. The van der Waals surface area contributed by atoms with Gasteiger partial charge in [-0.2, -0.15) is 0 Å². The Balaban J connectivity index is 1.52. The number of hydrogen-bond donors (Lipinski definition) is 1. The van der Waals surface area contributed by atoms with E-state index >= 15 is 0 Å². The third kappa shape index (κ3) is 4.49. The molecule has 2 aromatic rings. The van der Waals surface area contributed by atoms with Crippen LogP contribution in [0.3, 0.4) is 0 Å². The SMILES string of the molecule is CCOC(=O)N1CCC(NC(=O)CCn2cnc3c(C)cccc3c2=O)CC1. The molecule has 0 saturated carbocycles. The van der Waals surface area contributed by atoms with E-state index in [2.05, 4.69) is 10.3 Å². The van der Waals surface area contributed by atoms with Crippen molar-refractivity contribution >= 4 is 22.9 Å². The van der Waals surface area contributed by atoms with Crippen molar-refractivity contribution in [3.8, 4) is 0 Å². The molecule has 8 nitrogen and oxygen atoms in total. The minimum atomic E-state index is -0.300. The second kappa shape index (κ2) is 8.86. The maximum absolute atomic E-state index is 12.6. The number of amides is 2. The molecule has 1 N–H and O–H groups in total. The van der Waals surface area contributed by atoms with E-state index in [1.165, 1.54) is 10.9 Å². The molecule has 1 aromatic carbocycles. The van der Waals surface area contributed by atoms with Gasteiger partial charge >= 0.3 is 6.09 Å². The molecule has 28 heavy (non-hydrogen) atoms. The Morgan fingerprint density at radius 3 is 2.75 bits per heavy atom. The van der Waals surface area contributed by atoms with E-state index in [-0.39, 0.29) is 36.6 Å². The summed E-state index contributed by atoms with van der Waals surface area (Å²) in [6.45, 7) is 5.47. The van der Waals surface area contributed by atoms with Gasteiger partial charge in [-0.3, -0.25) is 14.2 Å². The zero-order valence-electron chi connectivity index (χ0n) is 16.3. The number of ether oxygens (including phenoxy) is 1. The lowest BCUT2D eigenvalue weighted by atomic mass is 10.1. The number of nitrogens with one attached hydrogen (secondary N) is 1. The molecular weight excluding hydrogens is 360 g/mol. The lowest BCUT2D eigenvalue weighted by Gasteiger charge is -2.31. The molecule has 2 heterocycles. The molecule has 0 radical (unpaired) electrons. The van der Waals surface area contributed by atoms with Crippen LogP contribution in [-0.4, -0.2) is 52.2 Å². The number of carbonyl (C=O) groups excluding carboxylic acids is 2. The van der Waals surface area contributed by atoms with Gasteiger partial charge in [-0.15, -0.1) is 0 Å². The summed E-state index contributed by atoms with van der Waals surface area (Å²) in [5, 5.41) is 3.56. The molecule has 0 spiro atoms. The van der Waals surface area contributed by atoms with Crippen molar-refractivity contribution < 1.29 is 14.3 Å². The number of piperidine rings is 1. The minimum Gasteiger partial charge on any atom is -0.450 e. The average molecular weight is 386 g/mol. The van der Waals surface area contributed by atoms with Gasteiger partial charge in [0.1, 0.15) is 0 Å². The third-order valence-electron chi connectivity index (χ3n) is 5.02. The molecule has 8 heteroatoms. The highest BCUT2D eigenvalue weighted by molar-refractivity contribution is 5.80. The van der Waals surface area contributed by atoms with Crippen LogP contribution >= 0.6 is 0 Å². The normalized spacial score (nSPS) is 14.9. The highest BCUT2D eigenvalue weighted by atomic mass is 16.6. The Morgan fingerprint density at radius 2 is 2.04 bits per heavy atom. The molecule has 150 valence electrons. The number of likely N-dealkylation sites (tertiary alicyclic amines) is 1. The molecular formula is C20H26N4O4. The van der Waals surface area contributed by atoms with Crippen LogP contribution in [0.4, 0.5) is 4.79 Å². The smallest absolute Gasteiger partial charge is 0.409 e. The molecule has 1 saturated heterocycles. The van der Waals surface area contributed by atoms with E-state index in [0.717, 1.165) is 5.56 Å². The summed E-state index contributed by atoms with van der Waals surface area (Å²) >= 11 is 0. The van der Waals surface area contributed by atoms with Crippen molar-refractivity contribution in [3.63, 3.8) is 0 Å². The number of benzene rings is 1.